The summed E-state index contributed by atoms with van der Waals surface area (Å²) in [6.45, 7) is 2.87. The van der Waals surface area contributed by atoms with Crippen LogP contribution in [0, 0.1) is 0 Å². The number of hydrogen-bond donors (Lipinski definition) is 3. The number of nitrogens with one attached hydrogen (secondary N) is 1. The highest BCUT2D eigenvalue weighted by Crippen LogP contribution is 2.33. The maximum absolute atomic E-state index is 13.2. The molecule has 11 heteroatoms. The number of nitrogens with two attached hydrogens (primary N) is 2. The summed E-state index contributed by atoms with van der Waals surface area (Å²) < 4.78 is 5.40. The number of hydrogen-bond acceptors (Lipinski definition) is 8. The molecule has 182 valence electrons. The molecule has 1 aliphatic rings. The third-order valence-electron chi connectivity index (χ3n) is 5.78. The van der Waals surface area contributed by atoms with Crippen LogP contribution < -0.4 is 21.3 Å². The van der Waals surface area contributed by atoms with E-state index in [0.29, 0.717) is 46.8 Å². The van der Waals surface area contributed by atoms with Crippen LogP contribution in [0.4, 0.5) is 5.82 Å². The first kappa shape index (κ1) is 23.8. The van der Waals surface area contributed by atoms with Crippen molar-refractivity contribution in [2.75, 3.05) is 38.3 Å². The number of H-pyrrole nitrogens is 1. The summed E-state index contributed by atoms with van der Waals surface area (Å²) in [6, 6.07) is 8.96. The molecule has 35 heavy (non-hydrogen) atoms. The van der Waals surface area contributed by atoms with E-state index in [9.17, 15) is 14.4 Å². The summed E-state index contributed by atoms with van der Waals surface area (Å²) in [7, 11) is 1.45. The third-order valence-corrected chi connectivity index (χ3v) is 5.78. The molecule has 2 amide bonds. The molecule has 4 rings (SSSR count). The van der Waals surface area contributed by atoms with Gasteiger partial charge in [0.15, 0.2) is 5.82 Å². The molecular weight excluding hydrogens is 450 g/mol. The van der Waals surface area contributed by atoms with Crippen LogP contribution in [-0.4, -0.2) is 70.7 Å². The Morgan fingerprint density at radius 1 is 1.11 bits per heavy atom. The Morgan fingerprint density at radius 3 is 2.40 bits per heavy atom. The van der Waals surface area contributed by atoms with Gasteiger partial charge < -0.3 is 25.3 Å². The van der Waals surface area contributed by atoms with Gasteiger partial charge in [-0.15, -0.1) is 0 Å². The number of benzene rings is 1. The number of hydrazine groups is 1. The van der Waals surface area contributed by atoms with E-state index in [2.05, 4.69) is 9.97 Å². The van der Waals surface area contributed by atoms with Gasteiger partial charge in [0, 0.05) is 49.8 Å². The van der Waals surface area contributed by atoms with Crippen molar-refractivity contribution in [3.63, 3.8) is 0 Å². The molecule has 0 spiro atoms. The minimum atomic E-state index is -0.691. The number of ketones is 1. The standard InChI is InChI=1S/C24H27N7O4/c1-15(25)14-31(26)22-20-19(18(35-2)13-28-22)17(12-27-20)21(32)24(34)30-10-8-29(9-11-30)23(33)16-6-4-3-5-7-16/h3-7,12-14,27H,8-11,25-26H2,1-2H3/b15-14-. The molecule has 0 saturated carbocycles. The zero-order valence-electron chi connectivity index (χ0n) is 19.5. The van der Waals surface area contributed by atoms with Crippen LogP contribution in [0.15, 0.2) is 54.6 Å². The highest BCUT2D eigenvalue weighted by atomic mass is 16.5. The van der Waals surface area contributed by atoms with Crippen LogP contribution in [0.5, 0.6) is 5.75 Å². The predicted molar refractivity (Wildman–Crippen MR) is 131 cm³/mol. The van der Waals surface area contributed by atoms with Gasteiger partial charge in [-0.2, -0.15) is 0 Å². The Labute approximate surface area is 201 Å². The molecule has 3 heterocycles. The van der Waals surface area contributed by atoms with E-state index in [4.69, 9.17) is 16.3 Å². The number of Topliss-reactive ketones (excluding diaryl/α,β-unsaturated/α-hetero) is 1. The molecule has 1 saturated heterocycles. The molecule has 0 atom stereocenters. The Kier molecular flexibility index (Phi) is 6.69. The van der Waals surface area contributed by atoms with Crippen molar-refractivity contribution in [1.29, 1.82) is 0 Å². The second-order valence-electron chi connectivity index (χ2n) is 8.16. The summed E-state index contributed by atoms with van der Waals surface area (Å²) in [6.07, 6.45) is 4.36. The largest absolute Gasteiger partial charge is 0.494 e. The van der Waals surface area contributed by atoms with E-state index in [1.54, 1.807) is 36.1 Å². The fourth-order valence-corrected chi connectivity index (χ4v) is 4.05. The number of carbonyl (C=O) groups is 3. The maximum Gasteiger partial charge on any atom is 0.295 e. The van der Waals surface area contributed by atoms with Crippen molar-refractivity contribution in [2.24, 2.45) is 11.6 Å². The minimum Gasteiger partial charge on any atom is -0.494 e. The van der Waals surface area contributed by atoms with Crippen molar-refractivity contribution in [1.82, 2.24) is 19.8 Å². The van der Waals surface area contributed by atoms with Gasteiger partial charge in [0.1, 0.15) is 5.75 Å². The van der Waals surface area contributed by atoms with Gasteiger partial charge in [0.25, 0.3) is 17.6 Å². The number of aromatic amines is 1. The highest BCUT2D eigenvalue weighted by Gasteiger charge is 2.31. The average molecular weight is 478 g/mol. The number of ether oxygens (including phenoxy) is 1. The Morgan fingerprint density at radius 2 is 1.77 bits per heavy atom. The van der Waals surface area contributed by atoms with E-state index >= 15 is 0 Å². The molecule has 1 aliphatic heterocycles. The molecule has 5 N–H and O–H groups in total. The van der Waals surface area contributed by atoms with Gasteiger partial charge in [-0.05, 0) is 19.1 Å². The number of aromatic nitrogens is 2. The van der Waals surface area contributed by atoms with Gasteiger partial charge in [-0.1, -0.05) is 18.2 Å². The molecule has 1 aromatic carbocycles. The number of rotatable bonds is 6. The average Bonchev–Trinajstić information content (AvgIpc) is 3.32. The summed E-state index contributed by atoms with van der Waals surface area (Å²) in [5.74, 6) is 5.25. The van der Waals surface area contributed by atoms with Crippen molar-refractivity contribution >= 4 is 34.3 Å². The van der Waals surface area contributed by atoms with E-state index in [-0.39, 0.29) is 24.6 Å². The zero-order valence-corrected chi connectivity index (χ0v) is 19.5. The molecular formula is C24H27N7O4. The topological polar surface area (TPSA) is 151 Å². The Bertz CT molecular complexity index is 1290. The lowest BCUT2D eigenvalue weighted by atomic mass is 10.1. The predicted octanol–water partition coefficient (Wildman–Crippen LogP) is 1.24. The van der Waals surface area contributed by atoms with Gasteiger partial charge >= 0.3 is 0 Å². The number of nitrogens with zero attached hydrogens (tertiary/aromatic N) is 4. The molecule has 2 aromatic heterocycles. The van der Waals surface area contributed by atoms with Crippen LogP contribution in [0.3, 0.4) is 0 Å². The van der Waals surface area contributed by atoms with Crippen LogP contribution in [0.1, 0.15) is 27.6 Å². The molecule has 0 aliphatic carbocycles. The van der Waals surface area contributed by atoms with E-state index < -0.39 is 11.7 Å². The summed E-state index contributed by atoms with van der Waals surface area (Å²) >= 11 is 0. The fourth-order valence-electron chi connectivity index (χ4n) is 4.05. The first-order valence-electron chi connectivity index (χ1n) is 11.0. The van der Waals surface area contributed by atoms with Crippen LogP contribution in [0.25, 0.3) is 10.9 Å². The second-order valence-corrected chi connectivity index (χ2v) is 8.16. The summed E-state index contributed by atoms with van der Waals surface area (Å²) in [4.78, 5) is 49.4. The van der Waals surface area contributed by atoms with E-state index in [0.717, 1.165) is 0 Å². The van der Waals surface area contributed by atoms with E-state index in [1.165, 1.54) is 35.6 Å². The van der Waals surface area contributed by atoms with Crippen molar-refractivity contribution in [2.45, 2.75) is 6.92 Å². The first-order valence-corrected chi connectivity index (χ1v) is 11.0. The van der Waals surface area contributed by atoms with Crippen molar-refractivity contribution in [3.05, 3.63) is 65.7 Å². The summed E-state index contributed by atoms with van der Waals surface area (Å²) in [5.41, 5.74) is 7.34. The number of pyridine rings is 1. The SMILES string of the molecule is COc1cnc(N(N)/C=C(/C)N)c2[nH]cc(C(=O)C(=O)N3CCN(C(=O)c4ccccc4)CC3)c12. The Balaban J connectivity index is 1.54. The molecule has 0 unspecified atom stereocenters. The fraction of sp³-hybridized carbons (Fsp3) is 0.250. The lowest BCUT2D eigenvalue weighted by molar-refractivity contribution is -0.127. The number of amides is 2. The monoisotopic (exact) mass is 477 g/mol. The number of carbonyl (C=O) groups excluding carboxylic acids is 3. The maximum atomic E-state index is 13.2. The lowest BCUT2D eigenvalue weighted by Crippen LogP contribution is -2.52. The van der Waals surface area contributed by atoms with Crippen LogP contribution >= 0.6 is 0 Å². The molecule has 11 nitrogen and oxygen atoms in total. The molecule has 0 bridgehead atoms. The van der Waals surface area contributed by atoms with Crippen molar-refractivity contribution in [3.8, 4) is 5.75 Å². The first-order chi connectivity index (χ1) is 16.8. The molecule has 1 fully saturated rings. The van der Waals surface area contributed by atoms with Gasteiger partial charge in [-0.25, -0.2) is 10.8 Å². The van der Waals surface area contributed by atoms with E-state index in [1.807, 2.05) is 6.07 Å². The van der Waals surface area contributed by atoms with Crippen LogP contribution in [0.2, 0.25) is 0 Å². The number of allylic oxidation sites excluding steroid dienone is 1. The van der Waals surface area contributed by atoms with Gasteiger partial charge in [-0.3, -0.25) is 19.4 Å². The lowest BCUT2D eigenvalue weighted by Gasteiger charge is -2.34. The minimum absolute atomic E-state index is 0.0986. The number of anilines is 1. The zero-order chi connectivity index (χ0) is 25.1. The Hall–Kier alpha value is -4.38. The van der Waals surface area contributed by atoms with Gasteiger partial charge in [0.05, 0.1) is 29.8 Å². The van der Waals surface area contributed by atoms with Crippen molar-refractivity contribution < 1.29 is 19.1 Å². The quantitative estimate of drug-likeness (QED) is 0.208. The van der Waals surface area contributed by atoms with Crippen LogP contribution in [-0.2, 0) is 4.79 Å². The molecule has 0 radical (unpaired) electrons. The third kappa shape index (κ3) is 4.66. The normalized spacial score (nSPS) is 14.2. The summed E-state index contributed by atoms with van der Waals surface area (Å²) in [5, 5.41) is 1.62. The highest BCUT2D eigenvalue weighted by molar-refractivity contribution is 6.45. The number of fused-ring (bicyclic) bond motifs is 1. The second kappa shape index (κ2) is 9.85. The smallest absolute Gasteiger partial charge is 0.295 e. The number of methoxy groups -OCH3 is 1. The number of piperazine rings is 1. The van der Waals surface area contributed by atoms with Gasteiger partial charge in [0.2, 0.25) is 0 Å². The molecule has 3 aromatic rings.